The molecule has 2 N–H and O–H groups in total. The zero-order valence-electron chi connectivity index (χ0n) is 21.5. The van der Waals surface area contributed by atoms with Crippen molar-refractivity contribution in [3.05, 3.63) is 58.1 Å². The summed E-state index contributed by atoms with van der Waals surface area (Å²) in [6.45, 7) is 11.4. The maximum atomic E-state index is 13.3. The average Bonchev–Trinajstić information content (AvgIpc) is 3.30. The van der Waals surface area contributed by atoms with Crippen molar-refractivity contribution in [2.24, 2.45) is 0 Å². The normalized spacial score (nSPS) is 11.1. The number of halogens is 1. The maximum absolute atomic E-state index is 13.3. The number of carbonyl (C=O) groups is 2. The summed E-state index contributed by atoms with van der Waals surface area (Å²) >= 11 is 4.77. The molecule has 0 radical (unpaired) electrons. The summed E-state index contributed by atoms with van der Waals surface area (Å²) in [5, 5.41) is 15.4. The van der Waals surface area contributed by atoms with E-state index in [0.29, 0.717) is 18.2 Å². The summed E-state index contributed by atoms with van der Waals surface area (Å²) in [5.74, 6) is 0.350. The van der Waals surface area contributed by atoms with Gasteiger partial charge >= 0.3 is 6.03 Å². The van der Waals surface area contributed by atoms with Gasteiger partial charge in [0.25, 0.3) is 0 Å². The predicted octanol–water partition coefficient (Wildman–Crippen LogP) is 7.49. The van der Waals surface area contributed by atoms with E-state index in [2.05, 4.69) is 76.6 Å². The number of carbonyl (C=O) groups excluding carboxylic acids is 2. The molecule has 9 heteroatoms. The highest BCUT2D eigenvalue weighted by molar-refractivity contribution is 9.10. The lowest BCUT2D eigenvalue weighted by Gasteiger charge is -2.26. The molecule has 36 heavy (non-hydrogen) atoms. The van der Waals surface area contributed by atoms with E-state index in [1.54, 1.807) is 4.90 Å². The number of nitrogens with one attached hydrogen (secondary N) is 2. The van der Waals surface area contributed by atoms with E-state index in [-0.39, 0.29) is 30.2 Å². The van der Waals surface area contributed by atoms with Crippen molar-refractivity contribution in [2.75, 3.05) is 23.7 Å². The molecule has 0 atom stereocenters. The minimum absolute atomic E-state index is 0.169. The van der Waals surface area contributed by atoms with Crippen LogP contribution in [0.15, 0.2) is 46.9 Å². The van der Waals surface area contributed by atoms with Crippen LogP contribution < -0.4 is 10.6 Å². The summed E-state index contributed by atoms with van der Waals surface area (Å²) < 4.78 is 0.951. The van der Waals surface area contributed by atoms with E-state index < -0.39 is 0 Å². The maximum Gasteiger partial charge on any atom is 0.321 e. The highest BCUT2D eigenvalue weighted by atomic mass is 79.9. The number of urea groups is 1. The van der Waals surface area contributed by atoms with Crippen LogP contribution in [0.1, 0.15) is 70.4 Å². The summed E-state index contributed by atoms with van der Waals surface area (Å²) in [6.07, 6.45) is 0.965. The van der Waals surface area contributed by atoms with Crippen molar-refractivity contribution < 1.29 is 9.59 Å². The summed E-state index contributed by atoms with van der Waals surface area (Å²) in [5.41, 5.74) is 4.03. The predicted molar refractivity (Wildman–Crippen MR) is 152 cm³/mol. The second-order valence-corrected chi connectivity index (χ2v) is 11.2. The van der Waals surface area contributed by atoms with E-state index in [1.807, 2.05) is 37.3 Å². The molecule has 3 aromatic rings. The Kier molecular flexibility index (Phi) is 10.0. The SMILES string of the molecule is CCCN(CCC(=O)Nc1nnc(-c2cccc(Br)c2)s1)C(=O)Nc1c(C(C)C)cccc1C(C)C. The van der Waals surface area contributed by atoms with Gasteiger partial charge < -0.3 is 15.5 Å². The molecule has 0 bridgehead atoms. The van der Waals surface area contributed by atoms with E-state index in [4.69, 9.17) is 0 Å². The van der Waals surface area contributed by atoms with Crippen LogP contribution in [0.3, 0.4) is 0 Å². The fourth-order valence-electron chi connectivity index (χ4n) is 3.90. The molecule has 0 fully saturated rings. The monoisotopic (exact) mass is 571 g/mol. The Labute approximate surface area is 225 Å². The summed E-state index contributed by atoms with van der Waals surface area (Å²) in [4.78, 5) is 27.6. The fraction of sp³-hybridized carbons (Fsp3) is 0.407. The standard InChI is InChI=1S/C27H34BrN5O2S/c1-6-14-33(27(35)30-24-21(17(2)3)11-8-12-22(24)18(4)5)15-13-23(34)29-26-32-31-25(36-26)19-9-7-10-20(28)16-19/h7-12,16-18H,6,13-15H2,1-5H3,(H,30,35)(H,29,32,34). The van der Waals surface area contributed by atoms with Gasteiger partial charge in [0, 0.05) is 35.2 Å². The molecular formula is C27H34BrN5O2S. The molecule has 0 aliphatic heterocycles. The van der Waals surface area contributed by atoms with E-state index in [9.17, 15) is 9.59 Å². The first-order valence-corrected chi connectivity index (χ1v) is 13.9. The van der Waals surface area contributed by atoms with Gasteiger partial charge in [-0.3, -0.25) is 4.79 Å². The minimum Gasteiger partial charge on any atom is -0.324 e. The number of para-hydroxylation sites is 1. The third-order valence-corrected chi connectivity index (χ3v) is 7.12. The smallest absolute Gasteiger partial charge is 0.321 e. The first-order valence-electron chi connectivity index (χ1n) is 12.3. The van der Waals surface area contributed by atoms with E-state index >= 15 is 0 Å². The number of benzene rings is 2. The molecule has 2 aromatic carbocycles. The Morgan fingerprint density at radius 2 is 1.64 bits per heavy atom. The molecule has 1 heterocycles. The molecule has 7 nitrogen and oxygen atoms in total. The van der Waals surface area contributed by atoms with Gasteiger partial charge in [-0.25, -0.2) is 4.79 Å². The molecule has 0 aliphatic rings. The van der Waals surface area contributed by atoms with Gasteiger partial charge in [0.05, 0.1) is 0 Å². The molecule has 192 valence electrons. The highest BCUT2D eigenvalue weighted by Crippen LogP contribution is 2.33. The van der Waals surface area contributed by atoms with Crippen molar-refractivity contribution in [1.82, 2.24) is 15.1 Å². The van der Waals surface area contributed by atoms with Crippen LogP contribution in [0.5, 0.6) is 0 Å². The Bertz CT molecular complexity index is 1170. The molecular weight excluding hydrogens is 538 g/mol. The Morgan fingerprint density at radius 3 is 2.25 bits per heavy atom. The number of rotatable bonds is 10. The Hall–Kier alpha value is -2.78. The van der Waals surface area contributed by atoms with Crippen molar-refractivity contribution >= 4 is 50.0 Å². The van der Waals surface area contributed by atoms with Crippen LogP contribution in [0.4, 0.5) is 15.6 Å². The first-order chi connectivity index (χ1) is 17.2. The Morgan fingerprint density at radius 1 is 0.972 bits per heavy atom. The van der Waals surface area contributed by atoms with Crippen LogP contribution in [0.2, 0.25) is 0 Å². The topological polar surface area (TPSA) is 87.2 Å². The quantitative estimate of drug-likeness (QED) is 0.264. The minimum atomic E-state index is -0.203. The lowest BCUT2D eigenvalue weighted by molar-refractivity contribution is -0.116. The molecule has 0 unspecified atom stereocenters. The zero-order chi connectivity index (χ0) is 26.2. The molecule has 0 aliphatic carbocycles. The highest BCUT2D eigenvalue weighted by Gasteiger charge is 2.20. The van der Waals surface area contributed by atoms with Gasteiger partial charge in [0.1, 0.15) is 5.01 Å². The third kappa shape index (κ3) is 7.36. The number of nitrogens with zero attached hydrogens (tertiary/aromatic N) is 3. The number of anilines is 2. The largest absolute Gasteiger partial charge is 0.324 e. The summed E-state index contributed by atoms with van der Waals surface area (Å²) in [7, 11) is 0. The zero-order valence-corrected chi connectivity index (χ0v) is 23.9. The molecule has 3 rings (SSSR count). The van der Waals surface area contributed by atoms with Crippen molar-refractivity contribution in [1.29, 1.82) is 0 Å². The van der Waals surface area contributed by atoms with Gasteiger partial charge in [-0.2, -0.15) is 0 Å². The fourth-order valence-corrected chi connectivity index (χ4v) is 5.05. The molecule has 0 saturated heterocycles. The summed E-state index contributed by atoms with van der Waals surface area (Å²) in [6, 6.07) is 13.8. The van der Waals surface area contributed by atoms with Crippen LogP contribution >= 0.6 is 27.3 Å². The lowest BCUT2D eigenvalue weighted by atomic mass is 9.93. The van der Waals surface area contributed by atoms with Gasteiger partial charge in [-0.05, 0) is 41.5 Å². The number of amides is 3. The number of hydrogen-bond donors (Lipinski definition) is 2. The average molecular weight is 573 g/mol. The van der Waals surface area contributed by atoms with Gasteiger partial charge in [0.2, 0.25) is 11.0 Å². The second kappa shape index (κ2) is 13.0. The van der Waals surface area contributed by atoms with Crippen molar-refractivity contribution in [3.63, 3.8) is 0 Å². The van der Waals surface area contributed by atoms with Crippen LogP contribution in [-0.2, 0) is 4.79 Å². The van der Waals surface area contributed by atoms with Gasteiger partial charge in [0.15, 0.2) is 0 Å². The lowest BCUT2D eigenvalue weighted by Crippen LogP contribution is -2.38. The third-order valence-electron chi connectivity index (χ3n) is 5.74. The van der Waals surface area contributed by atoms with Crippen LogP contribution in [0, 0.1) is 0 Å². The number of aromatic nitrogens is 2. The molecule has 0 spiro atoms. The Balaban J connectivity index is 1.64. The second-order valence-electron chi connectivity index (χ2n) is 9.26. The molecule has 1 aromatic heterocycles. The van der Waals surface area contributed by atoms with Crippen molar-refractivity contribution in [3.8, 4) is 10.6 Å². The number of hydrogen-bond acceptors (Lipinski definition) is 5. The molecule has 3 amide bonds. The van der Waals surface area contributed by atoms with E-state index in [0.717, 1.165) is 38.3 Å². The molecule has 0 saturated carbocycles. The van der Waals surface area contributed by atoms with Crippen LogP contribution in [-0.4, -0.2) is 40.1 Å². The van der Waals surface area contributed by atoms with E-state index in [1.165, 1.54) is 11.3 Å². The van der Waals surface area contributed by atoms with Gasteiger partial charge in [-0.1, -0.05) is 92.2 Å². The first kappa shape index (κ1) is 27.8. The van der Waals surface area contributed by atoms with Crippen molar-refractivity contribution in [2.45, 2.75) is 59.3 Å². The van der Waals surface area contributed by atoms with Gasteiger partial charge in [-0.15, -0.1) is 10.2 Å². The van der Waals surface area contributed by atoms with Crippen LogP contribution in [0.25, 0.3) is 10.6 Å².